The fourth-order valence-electron chi connectivity index (χ4n) is 0.453. The predicted octanol–water partition coefficient (Wildman–Crippen LogP) is 2.38. The first kappa shape index (κ1) is 10.2. The molecule has 9 heteroatoms. The third-order valence-corrected chi connectivity index (χ3v) is 1.18. The molecule has 0 aliphatic carbocycles. The van der Waals surface area contributed by atoms with Crippen LogP contribution in [0.15, 0.2) is 4.42 Å². The highest BCUT2D eigenvalue weighted by atomic mass is 35.5. The van der Waals surface area contributed by atoms with Gasteiger partial charge in [0.15, 0.2) is 0 Å². The summed E-state index contributed by atoms with van der Waals surface area (Å²) >= 11 is 4.88. The molecule has 0 N–H and O–H groups in total. The van der Waals surface area contributed by atoms with Crippen LogP contribution in [0.25, 0.3) is 0 Å². The van der Waals surface area contributed by atoms with Gasteiger partial charge in [0.05, 0.1) is 0 Å². The van der Waals surface area contributed by atoms with Crippen molar-refractivity contribution in [2.24, 2.45) is 0 Å². The highest BCUT2D eigenvalue weighted by Crippen LogP contribution is 2.43. The Bertz CT molecular complexity index is 308. The molecular formula is C4ClF5N2O. The molecule has 0 aliphatic heterocycles. The molecule has 0 spiro atoms. The van der Waals surface area contributed by atoms with E-state index in [-0.39, 0.29) is 0 Å². The van der Waals surface area contributed by atoms with Crippen LogP contribution in [-0.4, -0.2) is 16.4 Å². The smallest absolute Gasteiger partial charge is 0.406 e. The van der Waals surface area contributed by atoms with Crippen molar-refractivity contribution in [3.63, 3.8) is 0 Å². The van der Waals surface area contributed by atoms with E-state index in [9.17, 15) is 22.0 Å². The lowest BCUT2D eigenvalue weighted by atomic mass is 10.3. The molecule has 1 aromatic rings. The number of aromatic nitrogens is 2. The van der Waals surface area contributed by atoms with Crippen molar-refractivity contribution in [1.82, 2.24) is 10.2 Å². The summed E-state index contributed by atoms with van der Waals surface area (Å²) in [6, 6.07) is 0. The van der Waals surface area contributed by atoms with Gasteiger partial charge in [-0.25, -0.2) is 0 Å². The van der Waals surface area contributed by atoms with E-state index in [2.05, 4.69) is 14.6 Å². The van der Waals surface area contributed by atoms with Crippen LogP contribution in [-0.2, 0) is 5.92 Å². The summed E-state index contributed by atoms with van der Waals surface area (Å²) < 4.78 is 63.2. The normalized spacial score (nSPS) is 13.4. The Morgan fingerprint density at radius 1 is 1.08 bits per heavy atom. The lowest BCUT2D eigenvalue weighted by molar-refractivity contribution is -0.297. The van der Waals surface area contributed by atoms with E-state index in [1.807, 2.05) is 0 Å². The molecule has 0 bridgehead atoms. The maximum Gasteiger partial charge on any atom is 0.463 e. The molecular weight excluding hydrogens is 223 g/mol. The van der Waals surface area contributed by atoms with Gasteiger partial charge in [-0.05, 0) is 11.6 Å². The van der Waals surface area contributed by atoms with Crippen molar-refractivity contribution >= 4 is 11.6 Å². The van der Waals surface area contributed by atoms with Crippen molar-refractivity contribution in [3.05, 3.63) is 11.2 Å². The van der Waals surface area contributed by atoms with E-state index in [0.717, 1.165) is 0 Å². The Hall–Kier alpha value is -0.920. The maximum absolute atomic E-state index is 12.3. The summed E-state index contributed by atoms with van der Waals surface area (Å²) in [7, 11) is 0. The first-order valence-corrected chi connectivity index (χ1v) is 3.07. The fourth-order valence-corrected chi connectivity index (χ4v) is 0.564. The van der Waals surface area contributed by atoms with Crippen molar-refractivity contribution in [2.75, 3.05) is 0 Å². The Morgan fingerprint density at radius 2 is 1.62 bits per heavy atom. The SMILES string of the molecule is FC(F)(F)C(F)(F)c1nnc(Cl)o1. The summed E-state index contributed by atoms with van der Waals surface area (Å²) in [5, 5.41) is 4.22. The minimum absolute atomic E-state index is 0.876. The van der Waals surface area contributed by atoms with Gasteiger partial charge in [0.1, 0.15) is 0 Å². The summed E-state index contributed by atoms with van der Waals surface area (Å²) in [4.78, 5) is 0. The van der Waals surface area contributed by atoms with Crippen molar-refractivity contribution in [3.8, 4) is 0 Å². The highest BCUT2D eigenvalue weighted by molar-refractivity contribution is 6.27. The lowest BCUT2D eigenvalue weighted by Gasteiger charge is -2.14. The molecule has 0 saturated carbocycles. The summed E-state index contributed by atoms with van der Waals surface area (Å²) in [5.74, 6) is -7.04. The summed E-state index contributed by atoms with van der Waals surface area (Å²) in [5.41, 5.74) is 0. The molecule has 0 saturated heterocycles. The van der Waals surface area contributed by atoms with Crippen LogP contribution in [0.1, 0.15) is 5.89 Å². The van der Waals surface area contributed by atoms with Gasteiger partial charge in [-0.1, -0.05) is 5.10 Å². The van der Waals surface area contributed by atoms with Gasteiger partial charge in [-0.3, -0.25) is 0 Å². The average molecular weight is 223 g/mol. The molecule has 0 amide bonds. The number of halogens is 6. The fraction of sp³-hybridized carbons (Fsp3) is 0.500. The largest absolute Gasteiger partial charge is 0.463 e. The molecule has 0 fully saturated rings. The number of rotatable bonds is 1. The quantitative estimate of drug-likeness (QED) is 0.685. The van der Waals surface area contributed by atoms with Gasteiger partial charge in [0.25, 0.3) is 5.89 Å². The van der Waals surface area contributed by atoms with Crippen molar-refractivity contribution in [1.29, 1.82) is 0 Å². The summed E-state index contributed by atoms with van der Waals surface area (Å²) in [6.07, 6.45) is -5.77. The van der Waals surface area contributed by atoms with Crippen LogP contribution < -0.4 is 0 Å². The Morgan fingerprint density at radius 3 is 1.92 bits per heavy atom. The third-order valence-electron chi connectivity index (χ3n) is 1.02. The lowest BCUT2D eigenvalue weighted by Crippen LogP contribution is -2.33. The number of hydrogen-bond donors (Lipinski definition) is 0. The van der Waals surface area contributed by atoms with E-state index in [4.69, 9.17) is 11.6 Å². The average Bonchev–Trinajstić information content (AvgIpc) is 2.33. The van der Waals surface area contributed by atoms with Crippen LogP contribution >= 0.6 is 11.6 Å². The zero-order valence-electron chi connectivity index (χ0n) is 5.57. The third kappa shape index (κ3) is 1.71. The first-order chi connectivity index (χ1) is 5.75. The molecule has 13 heavy (non-hydrogen) atoms. The summed E-state index contributed by atoms with van der Waals surface area (Å²) in [6.45, 7) is 0. The zero-order chi connectivity index (χ0) is 10.3. The first-order valence-electron chi connectivity index (χ1n) is 2.69. The van der Waals surface area contributed by atoms with Crippen LogP contribution in [0, 0.1) is 0 Å². The van der Waals surface area contributed by atoms with Crippen molar-refractivity contribution < 1.29 is 26.4 Å². The molecule has 0 aromatic carbocycles. The maximum atomic E-state index is 12.3. The molecule has 0 atom stereocenters. The molecule has 1 aromatic heterocycles. The van der Waals surface area contributed by atoms with E-state index < -0.39 is 23.3 Å². The second-order valence-electron chi connectivity index (χ2n) is 1.93. The number of nitrogens with zero attached hydrogens (tertiary/aromatic N) is 2. The molecule has 0 unspecified atom stereocenters. The minimum Gasteiger partial charge on any atom is -0.406 e. The van der Waals surface area contributed by atoms with Gasteiger partial charge in [0, 0.05) is 0 Å². The van der Waals surface area contributed by atoms with Crippen LogP contribution in [0.3, 0.4) is 0 Å². The molecule has 1 rings (SSSR count). The van der Waals surface area contributed by atoms with E-state index >= 15 is 0 Å². The standard InChI is InChI=1S/C4ClF5N2O/c5-2-12-11-1(13-2)3(6,7)4(8,9)10. The molecule has 0 aliphatic rings. The second-order valence-corrected chi connectivity index (χ2v) is 2.26. The van der Waals surface area contributed by atoms with Crippen LogP contribution in [0.2, 0.25) is 5.35 Å². The van der Waals surface area contributed by atoms with Crippen LogP contribution in [0.5, 0.6) is 0 Å². The number of alkyl halides is 5. The molecule has 0 radical (unpaired) electrons. The number of hydrogen-bond acceptors (Lipinski definition) is 3. The molecule has 3 nitrogen and oxygen atoms in total. The van der Waals surface area contributed by atoms with E-state index in [0.29, 0.717) is 0 Å². The molecule has 1 heterocycles. The topological polar surface area (TPSA) is 38.9 Å². The van der Waals surface area contributed by atoms with Crippen LogP contribution in [0.4, 0.5) is 22.0 Å². The molecule has 74 valence electrons. The Kier molecular flexibility index (Phi) is 2.18. The predicted molar refractivity (Wildman–Crippen MR) is 29.3 cm³/mol. The van der Waals surface area contributed by atoms with Gasteiger partial charge in [-0.2, -0.15) is 22.0 Å². The highest BCUT2D eigenvalue weighted by Gasteiger charge is 2.62. The van der Waals surface area contributed by atoms with Gasteiger partial charge in [-0.15, -0.1) is 5.10 Å². The van der Waals surface area contributed by atoms with Gasteiger partial charge >= 0.3 is 17.4 Å². The zero-order valence-corrected chi connectivity index (χ0v) is 6.33. The van der Waals surface area contributed by atoms with Crippen molar-refractivity contribution in [2.45, 2.75) is 12.1 Å². The minimum atomic E-state index is -5.77. The second kappa shape index (κ2) is 2.79. The van der Waals surface area contributed by atoms with E-state index in [1.54, 1.807) is 0 Å². The van der Waals surface area contributed by atoms with Gasteiger partial charge in [0.2, 0.25) is 0 Å². The van der Waals surface area contributed by atoms with Gasteiger partial charge < -0.3 is 4.42 Å². The van der Waals surface area contributed by atoms with E-state index in [1.165, 1.54) is 0 Å². The Balaban J connectivity index is 3.07. The monoisotopic (exact) mass is 222 g/mol. The Labute approximate surface area is 72.5 Å².